The van der Waals surface area contributed by atoms with E-state index in [1.54, 1.807) is 0 Å². The maximum Gasteiger partial charge on any atom is 0.274 e. The van der Waals surface area contributed by atoms with Crippen LogP contribution in [-0.2, 0) is 15.4 Å². The fourth-order valence-corrected chi connectivity index (χ4v) is 4.43. The second-order valence-corrected chi connectivity index (χ2v) is 10.4. The minimum atomic E-state index is -3.65. The maximum absolute atomic E-state index is 14.8. The van der Waals surface area contributed by atoms with Crippen LogP contribution in [0.2, 0.25) is 0 Å². The van der Waals surface area contributed by atoms with E-state index in [1.165, 1.54) is 37.4 Å². The van der Waals surface area contributed by atoms with Crippen molar-refractivity contribution >= 4 is 27.3 Å². The molecular weight excluding hydrogens is 461 g/mol. The monoisotopic (exact) mass is 484 g/mol. The fraction of sp³-hybridized carbons (Fsp3) is 0.381. The topological polar surface area (TPSA) is 124 Å². The molecule has 178 valence electrons. The lowest BCUT2D eigenvalue weighted by Gasteiger charge is -2.39. The van der Waals surface area contributed by atoms with Crippen LogP contribution in [0.1, 0.15) is 35.8 Å². The summed E-state index contributed by atoms with van der Waals surface area (Å²) in [7, 11) is -3.65. The number of nitrogens with zero attached hydrogens (tertiary/aromatic N) is 2. The van der Waals surface area contributed by atoms with Crippen LogP contribution in [0.4, 0.5) is 18.9 Å². The highest BCUT2D eigenvalue weighted by atomic mass is 32.2. The summed E-state index contributed by atoms with van der Waals surface area (Å²) in [5.74, 6) is -1.60. The van der Waals surface area contributed by atoms with Gasteiger partial charge >= 0.3 is 0 Å². The Hall–Kier alpha value is -3.15. The Kier molecular flexibility index (Phi) is 6.68. The normalized spacial score (nSPS) is 23.0. The zero-order chi connectivity index (χ0) is 24.4. The Bertz CT molecular complexity index is 1190. The third kappa shape index (κ3) is 4.65. The molecule has 1 aliphatic rings. The van der Waals surface area contributed by atoms with Crippen LogP contribution in [0.3, 0.4) is 0 Å². The molecule has 2 aromatic rings. The number of nitrogens with one attached hydrogen (secondary N) is 1. The highest BCUT2D eigenvalue weighted by Gasteiger charge is 2.49. The van der Waals surface area contributed by atoms with E-state index in [4.69, 9.17) is 5.73 Å². The first kappa shape index (κ1) is 24.5. The van der Waals surface area contributed by atoms with E-state index in [0.717, 1.165) is 12.3 Å². The van der Waals surface area contributed by atoms with Gasteiger partial charge in [-0.15, -0.1) is 0 Å². The molecule has 0 saturated carbocycles. The number of hydrogen-bond donors (Lipinski definition) is 2. The molecule has 0 radical (unpaired) electrons. The molecule has 0 bridgehead atoms. The number of ether oxygens (including phenoxy) is 1. The van der Waals surface area contributed by atoms with Crippen LogP contribution in [0.5, 0.6) is 5.75 Å². The van der Waals surface area contributed by atoms with Crippen molar-refractivity contribution in [2.75, 3.05) is 25.1 Å². The molecule has 0 spiro atoms. The number of carbonyl (C=O) groups excluding carboxylic acids is 1. The van der Waals surface area contributed by atoms with E-state index >= 15 is 0 Å². The van der Waals surface area contributed by atoms with Crippen LogP contribution >= 0.6 is 0 Å². The standard InChI is InChI=1S/C21H23F3N4O4S/c1-20(33(2,30)31)7-8-21(11-22,28-19(20)25)15-9-13(3-5-16(15)24)27-18(29)17-6-4-14(10-26-17)32-12-23/h3-6,9-10H,7-8,11-12H2,1-2H3,(H2,25,28)(H,27,29)/t20-,21-/m1/s1. The lowest BCUT2D eigenvalue weighted by atomic mass is 9.80. The zero-order valence-corrected chi connectivity index (χ0v) is 18.8. The lowest BCUT2D eigenvalue weighted by Crippen LogP contribution is -2.53. The Morgan fingerprint density at radius 1 is 1.24 bits per heavy atom. The minimum Gasteiger partial charge on any atom is -0.461 e. The molecule has 3 rings (SSSR count). The number of benzene rings is 1. The number of carbonyl (C=O) groups is 1. The first-order valence-corrected chi connectivity index (χ1v) is 11.7. The van der Waals surface area contributed by atoms with Crippen LogP contribution < -0.4 is 15.8 Å². The zero-order valence-electron chi connectivity index (χ0n) is 17.9. The molecule has 1 aromatic carbocycles. The van der Waals surface area contributed by atoms with E-state index in [1.807, 2.05) is 0 Å². The molecule has 1 aromatic heterocycles. The Morgan fingerprint density at radius 3 is 2.52 bits per heavy atom. The number of sulfone groups is 1. The van der Waals surface area contributed by atoms with Crippen molar-refractivity contribution in [1.29, 1.82) is 0 Å². The number of hydrogen-bond acceptors (Lipinski definition) is 7. The summed E-state index contributed by atoms with van der Waals surface area (Å²) in [6, 6.07) is 6.22. The molecule has 2 atom stereocenters. The maximum atomic E-state index is 14.8. The van der Waals surface area contributed by atoms with Gasteiger partial charge in [0.25, 0.3) is 5.91 Å². The van der Waals surface area contributed by atoms with E-state index in [0.29, 0.717) is 0 Å². The minimum absolute atomic E-state index is 0.0175. The smallest absolute Gasteiger partial charge is 0.274 e. The average Bonchev–Trinajstić information content (AvgIpc) is 2.77. The first-order valence-electron chi connectivity index (χ1n) is 9.83. The molecule has 12 heteroatoms. The van der Waals surface area contributed by atoms with Crippen molar-refractivity contribution < 1.29 is 31.1 Å². The highest BCUT2D eigenvalue weighted by molar-refractivity contribution is 7.92. The van der Waals surface area contributed by atoms with Gasteiger partial charge < -0.3 is 15.8 Å². The van der Waals surface area contributed by atoms with Gasteiger partial charge in [0.1, 0.15) is 40.1 Å². The summed E-state index contributed by atoms with van der Waals surface area (Å²) in [5.41, 5.74) is 4.16. The first-order chi connectivity index (χ1) is 15.5. The number of aliphatic imine (C=N–C) groups is 1. The molecule has 0 aliphatic carbocycles. The largest absolute Gasteiger partial charge is 0.461 e. The predicted octanol–water partition coefficient (Wildman–Crippen LogP) is 2.90. The Labute approximate surface area is 189 Å². The number of aromatic nitrogens is 1. The number of amidine groups is 1. The van der Waals surface area contributed by atoms with Gasteiger partial charge in [0.2, 0.25) is 6.86 Å². The number of nitrogens with two attached hydrogens (primary N) is 1. The van der Waals surface area contributed by atoms with Crippen molar-refractivity contribution in [3.05, 3.63) is 53.6 Å². The second kappa shape index (κ2) is 9.00. The van der Waals surface area contributed by atoms with Crippen molar-refractivity contribution in [3.8, 4) is 5.75 Å². The fourth-order valence-electron chi connectivity index (χ4n) is 3.53. The number of alkyl halides is 2. The van der Waals surface area contributed by atoms with E-state index in [-0.39, 0.29) is 41.4 Å². The van der Waals surface area contributed by atoms with E-state index in [2.05, 4.69) is 20.0 Å². The summed E-state index contributed by atoms with van der Waals surface area (Å²) >= 11 is 0. The summed E-state index contributed by atoms with van der Waals surface area (Å²) in [4.78, 5) is 20.5. The molecule has 1 aliphatic heterocycles. The number of anilines is 1. The van der Waals surface area contributed by atoms with Crippen LogP contribution in [0.15, 0.2) is 41.5 Å². The summed E-state index contributed by atoms with van der Waals surface area (Å²) in [5, 5.41) is 2.53. The molecule has 0 unspecified atom stereocenters. The summed E-state index contributed by atoms with van der Waals surface area (Å²) in [6.07, 6.45) is 2.01. The van der Waals surface area contributed by atoms with Gasteiger partial charge in [-0.25, -0.2) is 26.6 Å². The molecule has 0 saturated heterocycles. The number of rotatable bonds is 7. The van der Waals surface area contributed by atoms with Crippen molar-refractivity contribution in [2.45, 2.75) is 30.1 Å². The summed E-state index contributed by atoms with van der Waals surface area (Å²) in [6.45, 7) is -0.773. The molecule has 2 heterocycles. The van der Waals surface area contributed by atoms with Gasteiger partial charge in [-0.1, -0.05) is 0 Å². The van der Waals surface area contributed by atoms with Crippen molar-refractivity contribution in [3.63, 3.8) is 0 Å². The summed E-state index contributed by atoms with van der Waals surface area (Å²) < 4.78 is 68.7. The molecule has 8 nitrogen and oxygen atoms in total. The van der Waals surface area contributed by atoms with Gasteiger partial charge in [-0.3, -0.25) is 9.79 Å². The molecular formula is C21H23F3N4O4S. The second-order valence-electron chi connectivity index (χ2n) is 7.95. The van der Waals surface area contributed by atoms with Crippen LogP contribution in [0, 0.1) is 5.82 Å². The third-order valence-corrected chi connectivity index (χ3v) is 7.90. The van der Waals surface area contributed by atoms with Gasteiger partial charge in [0.15, 0.2) is 9.84 Å². The molecule has 0 fully saturated rings. The molecule has 33 heavy (non-hydrogen) atoms. The number of halogens is 3. The highest BCUT2D eigenvalue weighted by Crippen LogP contribution is 2.42. The third-order valence-electron chi connectivity index (χ3n) is 5.85. The number of amides is 1. The lowest BCUT2D eigenvalue weighted by molar-refractivity contribution is 0.102. The Morgan fingerprint density at radius 2 is 1.97 bits per heavy atom. The SMILES string of the molecule is C[C@@]1(S(C)(=O)=O)CC[C@@](CF)(c2cc(NC(=O)c3ccc(OCF)cn3)ccc2F)N=C1N. The van der Waals surface area contributed by atoms with Crippen LogP contribution in [-0.4, -0.2) is 49.7 Å². The average molecular weight is 485 g/mol. The Balaban J connectivity index is 1.93. The van der Waals surface area contributed by atoms with Crippen molar-refractivity contribution in [2.24, 2.45) is 10.7 Å². The molecule has 3 N–H and O–H groups in total. The van der Waals surface area contributed by atoms with Gasteiger partial charge in [-0.2, -0.15) is 0 Å². The van der Waals surface area contributed by atoms with Gasteiger partial charge in [0, 0.05) is 17.5 Å². The van der Waals surface area contributed by atoms with E-state index in [9.17, 15) is 26.4 Å². The van der Waals surface area contributed by atoms with Gasteiger partial charge in [-0.05, 0) is 50.1 Å². The van der Waals surface area contributed by atoms with E-state index < -0.39 is 45.4 Å². The predicted molar refractivity (Wildman–Crippen MR) is 117 cm³/mol. The molecule has 1 amide bonds. The number of pyridine rings is 1. The van der Waals surface area contributed by atoms with Gasteiger partial charge in [0.05, 0.1) is 6.20 Å². The quantitative estimate of drug-likeness (QED) is 0.623. The van der Waals surface area contributed by atoms with Crippen LogP contribution in [0.25, 0.3) is 0 Å². The van der Waals surface area contributed by atoms with Crippen molar-refractivity contribution in [1.82, 2.24) is 4.98 Å².